The molecule has 0 saturated carbocycles. The molecule has 1 unspecified atom stereocenters. The number of aliphatic hydroxyl groups excluding tert-OH is 1. The fraction of sp³-hybridized carbons (Fsp3) is 0.294. The number of nitrogens with zero attached hydrogens (tertiary/aromatic N) is 1. The summed E-state index contributed by atoms with van der Waals surface area (Å²) in [7, 11) is 3.96. The van der Waals surface area contributed by atoms with Crippen LogP contribution in [0.4, 0.5) is 5.69 Å². The zero-order chi connectivity index (χ0) is 15.2. The number of benzene rings is 2. The average Bonchev–Trinajstić information content (AvgIpc) is 2.53. The lowest BCUT2D eigenvalue weighted by molar-refractivity contribution is 0.108. The highest BCUT2D eigenvalue weighted by Gasteiger charge is 2.09. The first-order chi connectivity index (χ1) is 10.1. The molecule has 0 aromatic heterocycles. The van der Waals surface area contributed by atoms with Crippen LogP contribution in [0, 0.1) is 0 Å². The van der Waals surface area contributed by atoms with Gasteiger partial charge in [-0.25, -0.2) is 0 Å². The summed E-state index contributed by atoms with van der Waals surface area (Å²) in [6.07, 6.45) is -0.653. The van der Waals surface area contributed by atoms with Crippen LogP contribution in [-0.2, 0) is 6.54 Å². The summed E-state index contributed by atoms with van der Waals surface area (Å²) in [5.41, 5.74) is 8.50. The zero-order valence-corrected chi connectivity index (χ0v) is 12.5. The number of ether oxygens (including phenoxy) is 1. The third-order valence-electron chi connectivity index (χ3n) is 3.34. The van der Waals surface area contributed by atoms with E-state index >= 15 is 0 Å². The van der Waals surface area contributed by atoms with Gasteiger partial charge in [0.25, 0.3) is 0 Å². The van der Waals surface area contributed by atoms with Crippen molar-refractivity contribution in [3.05, 3.63) is 59.7 Å². The normalized spacial score (nSPS) is 12.0. The summed E-state index contributed by atoms with van der Waals surface area (Å²) in [6.45, 7) is 0.725. The highest BCUT2D eigenvalue weighted by Crippen LogP contribution is 2.21. The number of hydrogen-bond donors (Lipinski definition) is 2. The monoisotopic (exact) mass is 286 g/mol. The molecule has 1 atom stereocenters. The van der Waals surface area contributed by atoms with E-state index in [1.54, 1.807) is 0 Å². The standard InChI is InChI=1S/C17H22N2O2/c1-19(2)15-4-3-5-16(10-15)21-12-17(20)14-8-6-13(11-18)7-9-14/h3-10,17,20H,11-12,18H2,1-2H3. The first kappa shape index (κ1) is 15.4. The van der Waals surface area contributed by atoms with Crippen molar-refractivity contribution in [1.29, 1.82) is 0 Å². The Labute approximate surface area is 125 Å². The lowest BCUT2D eigenvalue weighted by Gasteiger charge is -2.16. The number of rotatable bonds is 6. The molecule has 112 valence electrons. The van der Waals surface area contributed by atoms with E-state index in [1.807, 2.05) is 67.5 Å². The third-order valence-corrected chi connectivity index (χ3v) is 3.34. The van der Waals surface area contributed by atoms with Crippen LogP contribution in [0.1, 0.15) is 17.2 Å². The largest absolute Gasteiger partial charge is 0.490 e. The molecule has 2 aromatic carbocycles. The average molecular weight is 286 g/mol. The Hall–Kier alpha value is -2.04. The van der Waals surface area contributed by atoms with Crippen molar-refractivity contribution < 1.29 is 9.84 Å². The van der Waals surface area contributed by atoms with E-state index in [9.17, 15) is 5.11 Å². The van der Waals surface area contributed by atoms with Gasteiger partial charge < -0.3 is 20.5 Å². The van der Waals surface area contributed by atoms with E-state index in [2.05, 4.69) is 0 Å². The summed E-state index contributed by atoms with van der Waals surface area (Å²) in [5, 5.41) is 10.2. The van der Waals surface area contributed by atoms with Crippen LogP contribution in [-0.4, -0.2) is 25.8 Å². The molecule has 0 radical (unpaired) electrons. The SMILES string of the molecule is CN(C)c1cccc(OCC(O)c2ccc(CN)cc2)c1. The highest BCUT2D eigenvalue weighted by molar-refractivity contribution is 5.49. The van der Waals surface area contributed by atoms with Gasteiger partial charge in [0.15, 0.2) is 0 Å². The van der Waals surface area contributed by atoms with Gasteiger partial charge in [-0.2, -0.15) is 0 Å². The van der Waals surface area contributed by atoms with E-state index < -0.39 is 6.10 Å². The minimum atomic E-state index is -0.653. The van der Waals surface area contributed by atoms with Crippen molar-refractivity contribution in [1.82, 2.24) is 0 Å². The van der Waals surface area contributed by atoms with E-state index in [4.69, 9.17) is 10.5 Å². The van der Waals surface area contributed by atoms with Gasteiger partial charge in [0.2, 0.25) is 0 Å². The third kappa shape index (κ3) is 4.21. The molecule has 2 aromatic rings. The number of aliphatic hydroxyl groups is 1. The summed E-state index contributed by atoms with van der Waals surface area (Å²) in [5.74, 6) is 0.749. The second kappa shape index (κ2) is 7.11. The van der Waals surface area contributed by atoms with Gasteiger partial charge in [-0.05, 0) is 23.3 Å². The Morgan fingerprint density at radius 2 is 1.86 bits per heavy atom. The van der Waals surface area contributed by atoms with Gasteiger partial charge in [0.1, 0.15) is 18.5 Å². The van der Waals surface area contributed by atoms with E-state index in [1.165, 1.54) is 0 Å². The summed E-state index contributed by atoms with van der Waals surface area (Å²) >= 11 is 0. The Kier molecular flexibility index (Phi) is 5.20. The molecule has 0 amide bonds. The minimum Gasteiger partial charge on any atom is -0.490 e. The van der Waals surface area contributed by atoms with Crippen molar-refractivity contribution in [2.75, 3.05) is 25.6 Å². The molecule has 0 bridgehead atoms. The van der Waals surface area contributed by atoms with E-state index in [0.29, 0.717) is 6.54 Å². The maximum absolute atomic E-state index is 10.2. The van der Waals surface area contributed by atoms with E-state index in [0.717, 1.165) is 22.6 Å². The van der Waals surface area contributed by atoms with E-state index in [-0.39, 0.29) is 6.61 Å². The fourth-order valence-electron chi connectivity index (χ4n) is 2.00. The molecule has 4 nitrogen and oxygen atoms in total. The topological polar surface area (TPSA) is 58.7 Å². The zero-order valence-electron chi connectivity index (χ0n) is 12.5. The van der Waals surface area contributed by atoms with Crippen molar-refractivity contribution in [2.45, 2.75) is 12.6 Å². The van der Waals surface area contributed by atoms with Crippen LogP contribution in [0.2, 0.25) is 0 Å². The molecule has 2 rings (SSSR count). The number of nitrogens with two attached hydrogens (primary N) is 1. The predicted molar refractivity (Wildman–Crippen MR) is 85.6 cm³/mol. The van der Waals surface area contributed by atoms with Crippen LogP contribution in [0.3, 0.4) is 0 Å². The molecule has 0 aliphatic heterocycles. The lowest BCUT2D eigenvalue weighted by Crippen LogP contribution is -2.11. The Bertz CT molecular complexity index is 567. The second-order valence-electron chi connectivity index (χ2n) is 5.16. The Balaban J connectivity index is 1.96. The molecule has 0 spiro atoms. The van der Waals surface area contributed by atoms with Gasteiger partial charge in [-0.3, -0.25) is 0 Å². The predicted octanol–water partition coefficient (Wildman–Crippen LogP) is 2.32. The molecule has 0 heterocycles. The molecule has 3 N–H and O–H groups in total. The summed E-state index contributed by atoms with van der Waals surface area (Å²) in [4.78, 5) is 2.01. The molecule has 0 saturated heterocycles. The molecule has 0 fully saturated rings. The van der Waals surface area contributed by atoms with Crippen LogP contribution in [0.5, 0.6) is 5.75 Å². The molecular formula is C17H22N2O2. The molecule has 21 heavy (non-hydrogen) atoms. The van der Waals surface area contributed by atoms with Crippen LogP contribution < -0.4 is 15.4 Å². The molecular weight excluding hydrogens is 264 g/mol. The summed E-state index contributed by atoms with van der Waals surface area (Å²) < 4.78 is 5.67. The first-order valence-electron chi connectivity index (χ1n) is 6.97. The maximum Gasteiger partial charge on any atom is 0.121 e. The lowest BCUT2D eigenvalue weighted by atomic mass is 10.1. The smallest absolute Gasteiger partial charge is 0.121 e. The number of anilines is 1. The molecule has 0 aliphatic carbocycles. The van der Waals surface area contributed by atoms with Crippen LogP contribution >= 0.6 is 0 Å². The fourth-order valence-corrected chi connectivity index (χ4v) is 2.00. The molecule has 4 heteroatoms. The van der Waals surface area contributed by atoms with Crippen molar-refractivity contribution in [3.8, 4) is 5.75 Å². The van der Waals surface area contributed by atoms with Gasteiger partial charge in [-0.1, -0.05) is 30.3 Å². The van der Waals surface area contributed by atoms with Crippen molar-refractivity contribution in [2.24, 2.45) is 5.73 Å². The Morgan fingerprint density at radius 1 is 1.14 bits per heavy atom. The van der Waals surface area contributed by atoms with Gasteiger partial charge >= 0.3 is 0 Å². The Morgan fingerprint density at radius 3 is 2.48 bits per heavy atom. The molecule has 0 aliphatic rings. The van der Waals surface area contributed by atoms with Gasteiger partial charge in [-0.15, -0.1) is 0 Å². The minimum absolute atomic E-state index is 0.221. The maximum atomic E-state index is 10.2. The summed E-state index contributed by atoms with van der Waals surface area (Å²) in [6, 6.07) is 15.4. The van der Waals surface area contributed by atoms with Crippen LogP contribution in [0.15, 0.2) is 48.5 Å². The quantitative estimate of drug-likeness (QED) is 0.855. The van der Waals surface area contributed by atoms with Gasteiger partial charge in [0, 0.05) is 32.4 Å². The first-order valence-corrected chi connectivity index (χ1v) is 6.97. The number of hydrogen-bond acceptors (Lipinski definition) is 4. The highest BCUT2D eigenvalue weighted by atomic mass is 16.5. The van der Waals surface area contributed by atoms with Crippen molar-refractivity contribution >= 4 is 5.69 Å². The van der Waals surface area contributed by atoms with Crippen LogP contribution in [0.25, 0.3) is 0 Å². The van der Waals surface area contributed by atoms with Gasteiger partial charge in [0.05, 0.1) is 0 Å². The van der Waals surface area contributed by atoms with Crippen molar-refractivity contribution in [3.63, 3.8) is 0 Å². The second-order valence-corrected chi connectivity index (χ2v) is 5.16.